The van der Waals surface area contributed by atoms with Gasteiger partial charge in [0, 0.05) is 17.4 Å². The van der Waals surface area contributed by atoms with Crippen LogP contribution in [0, 0.1) is 0 Å². The molecule has 0 radical (unpaired) electrons. The summed E-state index contributed by atoms with van der Waals surface area (Å²) in [7, 11) is 0. The van der Waals surface area contributed by atoms with Crippen molar-refractivity contribution < 1.29 is 24.2 Å². The van der Waals surface area contributed by atoms with Crippen molar-refractivity contribution in [1.82, 2.24) is 4.98 Å². The van der Waals surface area contributed by atoms with Crippen molar-refractivity contribution in [2.75, 3.05) is 11.5 Å². The summed E-state index contributed by atoms with van der Waals surface area (Å²) < 4.78 is 11.4. The Hall–Kier alpha value is -4.62. The zero-order chi connectivity index (χ0) is 27.4. The second-order valence-corrected chi connectivity index (χ2v) is 9.18. The number of amides is 1. The van der Waals surface area contributed by atoms with E-state index in [1.54, 1.807) is 66.9 Å². The summed E-state index contributed by atoms with van der Waals surface area (Å²) >= 11 is 6.22. The Kier molecular flexibility index (Phi) is 7.61. The molecule has 0 bridgehead atoms. The first-order valence-electron chi connectivity index (χ1n) is 12.4. The molecular formula is C31H25ClN2O5. The largest absolute Gasteiger partial charge is 0.507 e. The van der Waals surface area contributed by atoms with Gasteiger partial charge in [0.05, 0.1) is 22.9 Å². The third-order valence-electron chi connectivity index (χ3n) is 6.28. The Bertz CT molecular complexity index is 1520. The molecule has 196 valence electrons. The van der Waals surface area contributed by atoms with Gasteiger partial charge in [0.1, 0.15) is 29.9 Å². The molecule has 7 nitrogen and oxygen atoms in total. The fourth-order valence-electron chi connectivity index (χ4n) is 4.43. The SMILES string of the molecule is CCOc1cc(/C(O)=C2/C(=O)C(=O)N(c3ccc(OCc4ccccc4)cc3)C2c2ccccn2)ccc1Cl. The summed E-state index contributed by atoms with van der Waals surface area (Å²) in [6.07, 6.45) is 1.57. The molecule has 1 aliphatic heterocycles. The van der Waals surface area contributed by atoms with E-state index in [0.717, 1.165) is 5.56 Å². The van der Waals surface area contributed by atoms with E-state index in [-0.39, 0.29) is 11.3 Å². The minimum absolute atomic E-state index is 0.0760. The van der Waals surface area contributed by atoms with Crippen LogP contribution >= 0.6 is 11.6 Å². The summed E-state index contributed by atoms with van der Waals surface area (Å²) in [5.41, 5.74) is 2.14. The van der Waals surface area contributed by atoms with Gasteiger partial charge in [-0.1, -0.05) is 48.0 Å². The standard InChI is InChI=1S/C31H25ClN2O5/c1-2-38-26-18-21(11-16-24(26)32)29(35)27-28(25-10-6-7-17-33-25)34(31(37)30(27)36)22-12-14-23(15-13-22)39-19-20-8-4-3-5-9-20/h3-18,28,35H,2,19H2,1H3/b29-27-. The van der Waals surface area contributed by atoms with E-state index in [1.807, 2.05) is 37.3 Å². The number of aromatic nitrogens is 1. The maximum Gasteiger partial charge on any atom is 0.300 e. The molecule has 3 aromatic carbocycles. The Morgan fingerprint density at radius 3 is 2.38 bits per heavy atom. The fourth-order valence-corrected chi connectivity index (χ4v) is 4.60. The number of hydrogen-bond acceptors (Lipinski definition) is 6. The fraction of sp³-hybridized carbons (Fsp3) is 0.129. The number of rotatable bonds is 8. The van der Waals surface area contributed by atoms with E-state index in [1.165, 1.54) is 4.90 Å². The van der Waals surface area contributed by atoms with Crippen molar-refractivity contribution in [3.05, 3.63) is 125 Å². The number of nitrogens with zero attached hydrogens (tertiary/aromatic N) is 2. The van der Waals surface area contributed by atoms with Gasteiger partial charge in [-0.05, 0) is 67.1 Å². The molecule has 1 amide bonds. The number of halogens is 1. The van der Waals surface area contributed by atoms with Gasteiger partial charge < -0.3 is 14.6 Å². The maximum absolute atomic E-state index is 13.4. The van der Waals surface area contributed by atoms with Gasteiger partial charge in [-0.2, -0.15) is 0 Å². The molecule has 1 atom stereocenters. The number of aliphatic hydroxyl groups is 1. The number of carbonyl (C=O) groups excluding carboxylic acids is 2. The Balaban J connectivity index is 1.53. The van der Waals surface area contributed by atoms with E-state index in [9.17, 15) is 14.7 Å². The van der Waals surface area contributed by atoms with Crippen LogP contribution in [-0.4, -0.2) is 28.4 Å². The number of Topliss-reactive ketones (excluding diaryl/α,β-unsaturated/α-hetero) is 1. The normalized spacial score (nSPS) is 16.4. The lowest BCUT2D eigenvalue weighted by Crippen LogP contribution is -2.29. The van der Waals surface area contributed by atoms with Crippen molar-refractivity contribution in [2.24, 2.45) is 0 Å². The van der Waals surface area contributed by atoms with Gasteiger partial charge >= 0.3 is 0 Å². The van der Waals surface area contributed by atoms with Crippen LogP contribution in [-0.2, 0) is 16.2 Å². The van der Waals surface area contributed by atoms with Crippen molar-refractivity contribution in [3.63, 3.8) is 0 Å². The predicted molar refractivity (Wildman–Crippen MR) is 149 cm³/mol. The van der Waals surface area contributed by atoms with Gasteiger partial charge in [-0.25, -0.2) is 0 Å². The van der Waals surface area contributed by atoms with Crippen molar-refractivity contribution in [3.8, 4) is 11.5 Å². The number of pyridine rings is 1. The van der Waals surface area contributed by atoms with Gasteiger partial charge in [-0.3, -0.25) is 19.5 Å². The molecule has 5 rings (SSSR count). The van der Waals surface area contributed by atoms with Gasteiger partial charge in [0.25, 0.3) is 11.7 Å². The first kappa shape index (κ1) is 26.0. The number of benzene rings is 3. The van der Waals surface area contributed by atoms with Crippen molar-refractivity contribution in [2.45, 2.75) is 19.6 Å². The molecule has 0 spiro atoms. The Morgan fingerprint density at radius 1 is 0.949 bits per heavy atom. The van der Waals surface area contributed by atoms with E-state index in [4.69, 9.17) is 21.1 Å². The van der Waals surface area contributed by atoms with Gasteiger partial charge in [0.15, 0.2) is 0 Å². The van der Waals surface area contributed by atoms with Crippen LogP contribution in [0.1, 0.15) is 29.8 Å². The van der Waals surface area contributed by atoms with Crippen molar-refractivity contribution in [1.29, 1.82) is 0 Å². The zero-order valence-corrected chi connectivity index (χ0v) is 21.8. The van der Waals surface area contributed by atoms with E-state index in [2.05, 4.69) is 4.98 Å². The lowest BCUT2D eigenvalue weighted by Gasteiger charge is -2.24. The Labute approximate surface area is 230 Å². The second kappa shape index (κ2) is 11.4. The van der Waals surface area contributed by atoms with Gasteiger partial charge in [-0.15, -0.1) is 0 Å². The summed E-state index contributed by atoms with van der Waals surface area (Å²) in [4.78, 5) is 32.5. The minimum atomic E-state index is -0.950. The van der Waals surface area contributed by atoms with Crippen LogP contribution in [0.5, 0.6) is 11.5 Å². The average molecular weight is 541 g/mol. The average Bonchev–Trinajstić information content (AvgIpc) is 3.24. The number of anilines is 1. The Morgan fingerprint density at radius 2 is 1.69 bits per heavy atom. The monoisotopic (exact) mass is 540 g/mol. The van der Waals surface area contributed by atoms with E-state index >= 15 is 0 Å². The summed E-state index contributed by atoms with van der Waals surface area (Å²) in [5.74, 6) is -0.965. The first-order chi connectivity index (χ1) is 19.0. The van der Waals surface area contributed by atoms with Crippen molar-refractivity contribution >= 4 is 34.7 Å². The third kappa shape index (κ3) is 5.35. The van der Waals surface area contributed by atoms with Crippen LogP contribution < -0.4 is 14.4 Å². The second-order valence-electron chi connectivity index (χ2n) is 8.77. The van der Waals surface area contributed by atoms with Crippen LogP contribution in [0.15, 0.2) is 103 Å². The number of ketones is 1. The lowest BCUT2D eigenvalue weighted by atomic mass is 9.98. The lowest BCUT2D eigenvalue weighted by molar-refractivity contribution is -0.132. The van der Waals surface area contributed by atoms with Crippen LogP contribution in [0.3, 0.4) is 0 Å². The maximum atomic E-state index is 13.4. The summed E-state index contributed by atoms with van der Waals surface area (Å²) in [6, 6.07) is 25.6. The summed E-state index contributed by atoms with van der Waals surface area (Å²) in [5, 5.41) is 11.7. The number of hydrogen-bond donors (Lipinski definition) is 1. The number of ether oxygens (including phenoxy) is 2. The first-order valence-corrected chi connectivity index (χ1v) is 12.8. The highest BCUT2D eigenvalue weighted by atomic mass is 35.5. The topological polar surface area (TPSA) is 89.0 Å². The van der Waals surface area contributed by atoms with Gasteiger partial charge in [0.2, 0.25) is 0 Å². The highest BCUT2D eigenvalue weighted by Crippen LogP contribution is 2.42. The molecule has 1 saturated heterocycles. The van der Waals surface area contributed by atoms with Crippen LogP contribution in [0.4, 0.5) is 5.69 Å². The van der Waals surface area contributed by atoms with E-state index in [0.29, 0.717) is 46.7 Å². The quantitative estimate of drug-likeness (QED) is 0.159. The zero-order valence-electron chi connectivity index (χ0n) is 21.1. The molecule has 2 heterocycles. The molecular weight excluding hydrogens is 516 g/mol. The molecule has 1 aromatic heterocycles. The smallest absolute Gasteiger partial charge is 0.300 e. The molecule has 39 heavy (non-hydrogen) atoms. The molecule has 1 N–H and O–H groups in total. The number of aliphatic hydroxyl groups excluding tert-OH is 1. The van der Waals surface area contributed by atoms with Crippen LogP contribution in [0.2, 0.25) is 5.02 Å². The molecule has 1 fully saturated rings. The highest BCUT2D eigenvalue weighted by molar-refractivity contribution is 6.51. The molecule has 0 saturated carbocycles. The molecule has 4 aromatic rings. The third-order valence-corrected chi connectivity index (χ3v) is 6.59. The highest BCUT2D eigenvalue weighted by Gasteiger charge is 2.47. The molecule has 0 aliphatic carbocycles. The van der Waals surface area contributed by atoms with E-state index < -0.39 is 17.7 Å². The minimum Gasteiger partial charge on any atom is -0.507 e. The summed E-state index contributed by atoms with van der Waals surface area (Å²) in [6.45, 7) is 2.57. The number of carbonyl (C=O) groups is 2. The molecule has 8 heteroatoms. The van der Waals surface area contributed by atoms with Crippen LogP contribution in [0.25, 0.3) is 5.76 Å². The molecule has 1 aliphatic rings. The predicted octanol–water partition coefficient (Wildman–Crippen LogP) is 6.34. The molecule has 1 unspecified atom stereocenters.